The Labute approximate surface area is 169 Å². The number of hydrogen-bond donors (Lipinski definition) is 1. The highest BCUT2D eigenvalue weighted by Crippen LogP contribution is 2.25. The molecule has 0 aliphatic heterocycles. The van der Waals surface area contributed by atoms with Gasteiger partial charge < -0.3 is 14.8 Å². The monoisotopic (exact) mass is 385 g/mol. The number of hydrogen-bond acceptors (Lipinski definition) is 4. The lowest BCUT2D eigenvalue weighted by molar-refractivity contribution is 0.102. The summed E-state index contributed by atoms with van der Waals surface area (Å²) in [6.07, 6.45) is 5.39. The zero-order valence-corrected chi connectivity index (χ0v) is 16.8. The quantitative estimate of drug-likeness (QED) is 0.565. The first kappa shape index (κ1) is 18.8. The van der Waals surface area contributed by atoms with Crippen molar-refractivity contribution in [3.8, 4) is 11.3 Å². The molecule has 146 valence electrons. The Morgan fingerprint density at radius 1 is 1.03 bits per heavy atom. The summed E-state index contributed by atoms with van der Waals surface area (Å²) in [7, 11) is 6.01. The van der Waals surface area contributed by atoms with Crippen molar-refractivity contribution in [1.29, 1.82) is 0 Å². The highest BCUT2D eigenvalue weighted by molar-refractivity contribution is 6.04. The Balaban J connectivity index is 1.56. The number of imidazole rings is 1. The molecular formula is C23H23N5O. The van der Waals surface area contributed by atoms with Gasteiger partial charge in [0.15, 0.2) is 0 Å². The molecule has 0 aliphatic carbocycles. The fourth-order valence-electron chi connectivity index (χ4n) is 3.32. The van der Waals surface area contributed by atoms with E-state index in [0.29, 0.717) is 11.4 Å². The second-order valence-corrected chi connectivity index (χ2v) is 7.41. The number of carbonyl (C=O) groups excluding carboxylic acids is 1. The van der Waals surface area contributed by atoms with Crippen molar-refractivity contribution in [2.24, 2.45) is 7.05 Å². The van der Waals surface area contributed by atoms with E-state index >= 15 is 0 Å². The van der Waals surface area contributed by atoms with Crippen molar-refractivity contribution < 1.29 is 4.79 Å². The molecule has 2 aromatic carbocycles. The van der Waals surface area contributed by atoms with Crippen LogP contribution in [0.2, 0.25) is 0 Å². The normalized spacial score (nSPS) is 11.2. The number of benzene rings is 2. The summed E-state index contributed by atoms with van der Waals surface area (Å²) in [6, 6.07) is 15.7. The van der Waals surface area contributed by atoms with Gasteiger partial charge in [-0.1, -0.05) is 24.3 Å². The van der Waals surface area contributed by atoms with Crippen LogP contribution in [0, 0.1) is 0 Å². The highest BCUT2D eigenvalue weighted by Gasteiger charge is 2.09. The van der Waals surface area contributed by atoms with Crippen LogP contribution in [0.3, 0.4) is 0 Å². The van der Waals surface area contributed by atoms with Gasteiger partial charge in [-0.05, 0) is 49.3 Å². The molecule has 2 aromatic heterocycles. The van der Waals surface area contributed by atoms with Gasteiger partial charge in [-0.3, -0.25) is 4.79 Å². The third kappa shape index (κ3) is 4.17. The molecule has 4 aromatic rings. The minimum Gasteiger partial charge on any atom is -0.334 e. The number of nitrogens with one attached hydrogen (secondary N) is 1. The van der Waals surface area contributed by atoms with Gasteiger partial charge in [-0.2, -0.15) is 0 Å². The average Bonchev–Trinajstić information content (AvgIpc) is 3.13. The van der Waals surface area contributed by atoms with Crippen molar-refractivity contribution in [2.45, 2.75) is 6.54 Å². The van der Waals surface area contributed by atoms with E-state index in [-0.39, 0.29) is 5.91 Å². The molecule has 0 saturated carbocycles. The predicted octanol–water partition coefficient (Wildman–Crippen LogP) is 3.95. The lowest BCUT2D eigenvalue weighted by Gasteiger charge is -2.10. The van der Waals surface area contributed by atoms with Crippen LogP contribution < -0.4 is 5.32 Å². The van der Waals surface area contributed by atoms with Crippen molar-refractivity contribution in [2.75, 3.05) is 19.4 Å². The van der Waals surface area contributed by atoms with Crippen molar-refractivity contribution in [1.82, 2.24) is 19.4 Å². The van der Waals surface area contributed by atoms with Gasteiger partial charge >= 0.3 is 0 Å². The van der Waals surface area contributed by atoms with Gasteiger partial charge in [0.05, 0.1) is 18.2 Å². The number of amides is 1. The van der Waals surface area contributed by atoms with Crippen molar-refractivity contribution >= 4 is 22.5 Å². The summed E-state index contributed by atoms with van der Waals surface area (Å²) in [5.74, 6) is 0.359. The summed E-state index contributed by atoms with van der Waals surface area (Å²) in [5.41, 5.74) is 3.88. The first-order valence-electron chi connectivity index (χ1n) is 9.41. The average molecular weight is 385 g/mol. The number of anilines is 1. The minimum atomic E-state index is -0.170. The van der Waals surface area contributed by atoms with Crippen LogP contribution in [0.15, 0.2) is 67.3 Å². The summed E-state index contributed by atoms with van der Waals surface area (Å²) in [4.78, 5) is 23.3. The van der Waals surface area contributed by atoms with Gasteiger partial charge in [-0.15, -0.1) is 0 Å². The Hall–Kier alpha value is -3.51. The van der Waals surface area contributed by atoms with E-state index < -0.39 is 0 Å². The van der Waals surface area contributed by atoms with E-state index in [2.05, 4.69) is 32.3 Å². The van der Waals surface area contributed by atoms with E-state index in [0.717, 1.165) is 34.1 Å². The van der Waals surface area contributed by atoms with Crippen molar-refractivity contribution in [3.05, 3.63) is 78.4 Å². The Morgan fingerprint density at radius 2 is 1.83 bits per heavy atom. The third-order valence-corrected chi connectivity index (χ3v) is 4.79. The van der Waals surface area contributed by atoms with E-state index in [1.807, 2.05) is 68.3 Å². The topological polar surface area (TPSA) is 63.1 Å². The fraction of sp³-hybridized carbons (Fsp3) is 0.174. The van der Waals surface area contributed by atoms with Crippen LogP contribution in [0.1, 0.15) is 15.9 Å². The maximum Gasteiger partial charge on any atom is 0.256 e. The molecule has 4 rings (SSSR count). The number of pyridine rings is 1. The Kier molecular flexibility index (Phi) is 5.10. The van der Waals surface area contributed by atoms with E-state index in [1.54, 1.807) is 12.5 Å². The van der Waals surface area contributed by atoms with E-state index in [1.165, 1.54) is 0 Å². The number of aromatic nitrogens is 3. The van der Waals surface area contributed by atoms with Crippen LogP contribution in [-0.4, -0.2) is 39.4 Å². The van der Waals surface area contributed by atoms with Crippen LogP contribution in [0.25, 0.3) is 22.0 Å². The first-order valence-corrected chi connectivity index (χ1v) is 9.41. The molecule has 0 atom stereocenters. The second-order valence-electron chi connectivity index (χ2n) is 7.41. The first-order chi connectivity index (χ1) is 14.0. The molecule has 1 N–H and O–H groups in total. The molecule has 0 saturated heterocycles. The molecule has 0 spiro atoms. The van der Waals surface area contributed by atoms with Crippen LogP contribution >= 0.6 is 0 Å². The standard InChI is InChI=1S/C23H23N5O/c1-27(2)14-16-4-6-17(7-5-16)23(29)26-22-11-20-10-18(8-9-19(20)12-25-22)21-13-24-15-28(21)3/h4-13,15H,14H2,1-3H3,(H,25,26,29). The SMILES string of the molecule is CN(C)Cc1ccc(C(=O)Nc2cc3cc(-c4cncn4C)ccc3cn2)cc1. The molecule has 1 amide bonds. The molecule has 0 aliphatic rings. The van der Waals surface area contributed by atoms with Gasteiger partial charge in [0.1, 0.15) is 5.82 Å². The fourth-order valence-corrected chi connectivity index (χ4v) is 3.32. The molecular weight excluding hydrogens is 362 g/mol. The number of carbonyl (C=O) groups is 1. The number of nitrogens with zero attached hydrogens (tertiary/aromatic N) is 4. The largest absolute Gasteiger partial charge is 0.334 e. The third-order valence-electron chi connectivity index (χ3n) is 4.79. The van der Waals surface area contributed by atoms with Gasteiger partial charge in [0, 0.05) is 36.3 Å². The molecule has 6 nitrogen and oxygen atoms in total. The Morgan fingerprint density at radius 3 is 2.52 bits per heavy atom. The molecule has 2 heterocycles. The number of aryl methyl sites for hydroxylation is 1. The van der Waals surface area contributed by atoms with Crippen molar-refractivity contribution in [3.63, 3.8) is 0 Å². The molecule has 0 unspecified atom stereocenters. The maximum absolute atomic E-state index is 12.6. The Bertz CT molecular complexity index is 1160. The smallest absolute Gasteiger partial charge is 0.256 e. The number of fused-ring (bicyclic) bond motifs is 1. The molecule has 0 bridgehead atoms. The van der Waals surface area contributed by atoms with E-state index in [4.69, 9.17) is 0 Å². The van der Waals surface area contributed by atoms with Crippen LogP contribution in [0.5, 0.6) is 0 Å². The zero-order valence-electron chi connectivity index (χ0n) is 16.8. The highest BCUT2D eigenvalue weighted by atomic mass is 16.1. The molecule has 29 heavy (non-hydrogen) atoms. The molecule has 6 heteroatoms. The maximum atomic E-state index is 12.6. The van der Waals surface area contributed by atoms with Crippen LogP contribution in [-0.2, 0) is 13.6 Å². The predicted molar refractivity (Wildman–Crippen MR) is 116 cm³/mol. The molecule has 0 radical (unpaired) electrons. The van der Waals surface area contributed by atoms with Gasteiger partial charge in [-0.25, -0.2) is 9.97 Å². The zero-order chi connectivity index (χ0) is 20.4. The van der Waals surface area contributed by atoms with Crippen LogP contribution in [0.4, 0.5) is 5.82 Å². The summed E-state index contributed by atoms with van der Waals surface area (Å²) < 4.78 is 1.98. The van der Waals surface area contributed by atoms with E-state index in [9.17, 15) is 4.79 Å². The summed E-state index contributed by atoms with van der Waals surface area (Å²) >= 11 is 0. The van der Waals surface area contributed by atoms with Gasteiger partial charge in [0.25, 0.3) is 5.91 Å². The molecule has 0 fully saturated rings. The van der Waals surface area contributed by atoms with Gasteiger partial charge in [0.2, 0.25) is 0 Å². The number of rotatable bonds is 5. The lowest BCUT2D eigenvalue weighted by Crippen LogP contribution is -2.14. The second kappa shape index (κ2) is 7.85. The minimum absolute atomic E-state index is 0.170. The lowest BCUT2D eigenvalue weighted by atomic mass is 10.1. The summed E-state index contributed by atoms with van der Waals surface area (Å²) in [5, 5.41) is 4.92. The summed E-state index contributed by atoms with van der Waals surface area (Å²) in [6.45, 7) is 0.840.